The highest BCUT2D eigenvalue weighted by Crippen LogP contribution is 2.44. The van der Waals surface area contributed by atoms with E-state index in [9.17, 15) is 4.39 Å². The van der Waals surface area contributed by atoms with Crippen LogP contribution in [0.15, 0.2) is 0 Å². The van der Waals surface area contributed by atoms with E-state index in [1.165, 1.54) is 0 Å². The molecule has 16 heavy (non-hydrogen) atoms. The third-order valence-electron chi connectivity index (χ3n) is 4.31. The van der Waals surface area contributed by atoms with Gasteiger partial charge in [0.25, 0.3) is 0 Å². The summed E-state index contributed by atoms with van der Waals surface area (Å²) in [6.45, 7) is 8.18. The first-order valence-electron chi connectivity index (χ1n) is 6.31. The van der Waals surface area contributed by atoms with Gasteiger partial charge in [0, 0.05) is 0 Å². The second-order valence-corrected chi connectivity index (χ2v) is 6.15. The first-order valence-corrected chi connectivity index (χ1v) is 6.31. The molecule has 0 aromatic rings. The van der Waals surface area contributed by atoms with Crippen LogP contribution in [0.3, 0.4) is 0 Å². The molecule has 2 aliphatic rings. The first kappa shape index (κ1) is 12.4. The minimum absolute atomic E-state index is 0.219. The summed E-state index contributed by atoms with van der Waals surface area (Å²) < 4.78 is 25.3. The van der Waals surface area contributed by atoms with Gasteiger partial charge in [0.05, 0.1) is 17.4 Å². The van der Waals surface area contributed by atoms with Crippen LogP contribution in [-0.4, -0.2) is 24.5 Å². The van der Waals surface area contributed by atoms with Crippen LogP contribution in [0, 0.1) is 0 Å². The Hall–Kier alpha value is -0.0851. The average Bonchev–Trinajstić information content (AvgIpc) is 2.36. The fraction of sp³-hybridized carbons (Fsp3) is 1.00. The fourth-order valence-corrected chi connectivity index (χ4v) is 2.49. The van der Waals surface area contributed by atoms with Crippen LogP contribution in [0.4, 0.5) is 4.39 Å². The number of alkyl halides is 1. The number of hydrogen-bond donors (Lipinski definition) is 0. The van der Waals surface area contributed by atoms with Gasteiger partial charge in [-0.05, 0) is 46.4 Å². The smallest absolute Gasteiger partial charge is 0.403 e. The van der Waals surface area contributed by atoms with Crippen molar-refractivity contribution in [3.8, 4) is 0 Å². The molecule has 0 bridgehead atoms. The zero-order valence-corrected chi connectivity index (χ0v) is 10.8. The molecule has 2 rings (SSSR count). The SMILES string of the molecule is CC1(C)OB(C2CCC[C@H](F)C2)OC1(C)C. The summed E-state index contributed by atoms with van der Waals surface area (Å²) in [6, 6.07) is 0. The minimum Gasteiger partial charge on any atom is -0.403 e. The topological polar surface area (TPSA) is 18.5 Å². The second-order valence-electron chi connectivity index (χ2n) is 6.15. The van der Waals surface area contributed by atoms with Crippen LogP contribution in [-0.2, 0) is 9.31 Å². The lowest BCUT2D eigenvalue weighted by atomic mass is 9.64. The van der Waals surface area contributed by atoms with E-state index >= 15 is 0 Å². The van der Waals surface area contributed by atoms with E-state index in [2.05, 4.69) is 0 Å². The first-order chi connectivity index (χ1) is 7.32. The Bertz CT molecular complexity index is 252. The molecule has 1 aliphatic carbocycles. The number of hydrogen-bond acceptors (Lipinski definition) is 2. The number of rotatable bonds is 1. The van der Waals surface area contributed by atoms with Crippen molar-refractivity contribution in [3.05, 3.63) is 0 Å². The molecular formula is C12H22BFO2. The van der Waals surface area contributed by atoms with E-state index < -0.39 is 6.17 Å². The summed E-state index contributed by atoms with van der Waals surface area (Å²) in [5, 5.41) is 0. The molecule has 0 amide bonds. The van der Waals surface area contributed by atoms with E-state index in [0.29, 0.717) is 12.8 Å². The fourth-order valence-electron chi connectivity index (χ4n) is 2.49. The highest BCUT2D eigenvalue weighted by atomic mass is 19.1. The standard InChI is InChI=1S/C12H22BFO2/c1-11(2)12(3,4)16-13(15-11)9-6-5-7-10(14)8-9/h9-10H,5-8H2,1-4H3/t9?,10-/m0/s1. The highest BCUT2D eigenvalue weighted by Gasteiger charge is 2.54. The van der Waals surface area contributed by atoms with Crippen molar-refractivity contribution >= 4 is 7.12 Å². The van der Waals surface area contributed by atoms with E-state index in [4.69, 9.17) is 9.31 Å². The summed E-state index contributed by atoms with van der Waals surface area (Å²) in [6.07, 6.45) is 2.61. The monoisotopic (exact) mass is 228 g/mol. The van der Waals surface area contributed by atoms with Gasteiger partial charge in [0.15, 0.2) is 0 Å². The molecule has 1 heterocycles. The summed E-state index contributed by atoms with van der Waals surface area (Å²) in [5.41, 5.74) is -0.582. The molecule has 0 N–H and O–H groups in total. The van der Waals surface area contributed by atoms with Gasteiger partial charge >= 0.3 is 7.12 Å². The molecule has 1 saturated heterocycles. The predicted octanol–water partition coefficient (Wildman–Crippen LogP) is 3.36. The molecule has 2 atom stereocenters. The van der Waals surface area contributed by atoms with Crippen LogP contribution >= 0.6 is 0 Å². The van der Waals surface area contributed by atoms with E-state index in [1.807, 2.05) is 27.7 Å². The maximum absolute atomic E-state index is 13.4. The Morgan fingerprint density at radius 3 is 2.12 bits per heavy atom. The van der Waals surface area contributed by atoms with E-state index in [0.717, 1.165) is 12.8 Å². The van der Waals surface area contributed by atoms with Gasteiger partial charge in [-0.25, -0.2) is 4.39 Å². The zero-order chi connectivity index (χ0) is 12.0. The summed E-state index contributed by atoms with van der Waals surface area (Å²) in [4.78, 5) is 0. The molecule has 1 aliphatic heterocycles. The zero-order valence-electron chi connectivity index (χ0n) is 10.8. The van der Waals surface area contributed by atoms with Gasteiger partial charge in [-0.3, -0.25) is 0 Å². The summed E-state index contributed by atoms with van der Waals surface area (Å²) in [5.74, 6) is 0.227. The van der Waals surface area contributed by atoms with Crippen LogP contribution < -0.4 is 0 Å². The Kier molecular flexibility index (Phi) is 3.08. The van der Waals surface area contributed by atoms with Gasteiger partial charge in [-0.15, -0.1) is 0 Å². The van der Waals surface area contributed by atoms with Crippen LogP contribution in [0.2, 0.25) is 5.82 Å². The average molecular weight is 228 g/mol. The molecule has 0 aromatic carbocycles. The molecule has 92 valence electrons. The van der Waals surface area contributed by atoms with Crippen molar-refractivity contribution in [2.75, 3.05) is 0 Å². The Labute approximate surface area is 98.0 Å². The minimum atomic E-state index is -0.669. The molecule has 2 nitrogen and oxygen atoms in total. The summed E-state index contributed by atoms with van der Waals surface area (Å²) >= 11 is 0. The molecule has 1 unspecified atom stereocenters. The highest BCUT2D eigenvalue weighted by molar-refractivity contribution is 6.47. The Balaban J connectivity index is 2.02. The van der Waals surface area contributed by atoms with Crippen molar-refractivity contribution in [2.45, 2.75) is 76.6 Å². The molecule has 2 fully saturated rings. The van der Waals surface area contributed by atoms with Crippen molar-refractivity contribution in [3.63, 3.8) is 0 Å². The molecule has 0 radical (unpaired) electrons. The lowest BCUT2D eigenvalue weighted by molar-refractivity contribution is 0.00578. The van der Waals surface area contributed by atoms with Crippen molar-refractivity contribution < 1.29 is 13.7 Å². The number of halogens is 1. The third kappa shape index (κ3) is 2.14. The second kappa shape index (κ2) is 3.99. The van der Waals surface area contributed by atoms with Crippen molar-refractivity contribution in [1.29, 1.82) is 0 Å². The van der Waals surface area contributed by atoms with Crippen molar-refractivity contribution in [1.82, 2.24) is 0 Å². The van der Waals surface area contributed by atoms with Crippen LogP contribution in [0.25, 0.3) is 0 Å². The maximum atomic E-state index is 13.4. The van der Waals surface area contributed by atoms with Gasteiger partial charge < -0.3 is 9.31 Å². The van der Waals surface area contributed by atoms with Crippen LogP contribution in [0.1, 0.15) is 53.4 Å². The predicted molar refractivity (Wildman–Crippen MR) is 63.2 cm³/mol. The molecule has 0 spiro atoms. The van der Waals surface area contributed by atoms with Crippen molar-refractivity contribution in [2.24, 2.45) is 0 Å². The molecular weight excluding hydrogens is 206 g/mol. The normalized spacial score (nSPS) is 37.7. The largest absolute Gasteiger partial charge is 0.461 e. The molecule has 4 heteroatoms. The molecule has 1 saturated carbocycles. The lowest BCUT2D eigenvalue weighted by Gasteiger charge is -2.32. The van der Waals surface area contributed by atoms with Crippen LogP contribution in [0.5, 0.6) is 0 Å². The quantitative estimate of drug-likeness (QED) is 0.640. The third-order valence-corrected chi connectivity index (χ3v) is 4.31. The van der Waals surface area contributed by atoms with E-state index in [1.54, 1.807) is 0 Å². The van der Waals surface area contributed by atoms with Gasteiger partial charge in [-0.2, -0.15) is 0 Å². The Morgan fingerprint density at radius 1 is 1.06 bits per heavy atom. The van der Waals surface area contributed by atoms with Gasteiger partial charge in [-0.1, -0.05) is 12.8 Å². The summed E-state index contributed by atoms with van der Waals surface area (Å²) in [7, 11) is -0.219. The Morgan fingerprint density at radius 2 is 1.62 bits per heavy atom. The lowest BCUT2D eigenvalue weighted by Crippen LogP contribution is -2.41. The molecule has 0 aromatic heterocycles. The van der Waals surface area contributed by atoms with Gasteiger partial charge in [0.1, 0.15) is 0 Å². The van der Waals surface area contributed by atoms with E-state index in [-0.39, 0.29) is 24.1 Å². The van der Waals surface area contributed by atoms with Gasteiger partial charge in [0.2, 0.25) is 0 Å². The maximum Gasteiger partial charge on any atom is 0.461 e.